The van der Waals surface area contributed by atoms with E-state index in [1.54, 1.807) is 0 Å². The van der Waals surface area contributed by atoms with Gasteiger partial charge in [-0.05, 0) is 38.1 Å². The maximum atomic E-state index is 12.6. The molecule has 4 N–H and O–H groups in total. The second-order valence-corrected chi connectivity index (χ2v) is 5.01. The van der Waals surface area contributed by atoms with Crippen LogP contribution in [0.15, 0.2) is 24.3 Å². The number of aliphatic hydroxyl groups is 2. The average molecular weight is 258 g/mol. The maximum Gasteiger partial charge on any atom is 0.137 e. The van der Waals surface area contributed by atoms with Gasteiger partial charge in [-0.1, -0.05) is 0 Å². The van der Waals surface area contributed by atoms with Crippen LogP contribution in [-0.4, -0.2) is 41.6 Å². The van der Waals surface area contributed by atoms with Crippen molar-refractivity contribution < 1.29 is 24.7 Å². The van der Waals surface area contributed by atoms with Gasteiger partial charge in [0.25, 0.3) is 0 Å². The average Bonchev–Trinajstić information content (AvgIpc) is 2.36. The molecule has 1 atom stereocenters. The number of nitrogens with two attached hydrogens (primary N) is 1. The molecule has 0 saturated heterocycles. The van der Waals surface area contributed by atoms with Crippen LogP contribution in [0.2, 0.25) is 0 Å². The van der Waals surface area contributed by atoms with Gasteiger partial charge in [0.1, 0.15) is 36.4 Å². The summed E-state index contributed by atoms with van der Waals surface area (Å²) in [5, 5.41) is 20.6. The summed E-state index contributed by atoms with van der Waals surface area (Å²) >= 11 is 0. The Morgan fingerprint density at radius 3 is 2.50 bits per heavy atom. The molecule has 0 radical (unpaired) electrons. The van der Waals surface area contributed by atoms with E-state index in [2.05, 4.69) is 0 Å². The molecule has 0 aliphatic heterocycles. The third kappa shape index (κ3) is 5.44. The van der Waals surface area contributed by atoms with Gasteiger partial charge in [-0.15, -0.1) is 0 Å². The summed E-state index contributed by atoms with van der Waals surface area (Å²) in [7, 11) is 0. The zero-order chi connectivity index (χ0) is 13.6. The quantitative estimate of drug-likeness (QED) is 0.640. The van der Waals surface area contributed by atoms with E-state index in [9.17, 15) is 9.50 Å². The molecule has 0 spiro atoms. The monoisotopic (exact) mass is 258 g/mol. The summed E-state index contributed by atoms with van der Waals surface area (Å²) in [5.41, 5.74) is -0.309. The van der Waals surface area contributed by atoms with E-state index in [4.69, 9.17) is 9.84 Å². The van der Waals surface area contributed by atoms with Crippen molar-refractivity contribution in [3.05, 3.63) is 30.1 Å². The Kier molecular flexibility index (Phi) is 5.53. The minimum atomic E-state index is -0.638. The lowest BCUT2D eigenvalue weighted by atomic mass is 10.1. The molecule has 4 nitrogen and oxygen atoms in total. The molecule has 0 heterocycles. The topological polar surface area (TPSA) is 66.3 Å². The zero-order valence-electron chi connectivity index (χ0n) is 10.8. The molecule has 1 aromatic carbocycles. The Morgan fingerprint density at radius 1 is 1.33 bits per heavy atom. The third-order valence-electron chi connectivity index (χ3n) is 2.61. The van der Waals surface area contributed by atoms with Crippen molar-refractivity contribution in [3.63, 3.8) is 0 Å². The number of rotatable bonds is 7. The first-order chi connectivity index (χ1) is 8.43. The largest absolute Gasteiger partial charge is 0.491 e. The summed E-state index contributed by atoms with van der Waals surface area (Å²) in [6.45, 7) is 4.40. The highest BCUT2D eigenvalue weighted by atomic mass is 19.1. The second-order valence-electron chi connectivity index (χ2n) is 5.01. The van der Waals surface area contributed by atoms with Gasteiger partial charge in [-0.2, -0.15) is 0 Å². The Hall–Kier alpha value is -1.17. The summed E-state index contributed by atoms with van der Waals surface area (Å²) < 4.78 is 18.0. The molecule has 1 aromatic rings. The molecule has 0 aromatic heterocycles. The molecular formula is C13H21FNO3+. The van der Waals surface area contributed by atoms with Gasteiger partial charge in [0.15, 0.2) is 0 Å². The first-order valence-corrected chi connectivity index (χ1v) is 5.94. The van der Waals surface area contributed by atoms with Crippen molar-refractivity contribution in [2.45, 2.75) is 25.5 Å². The molecular weight excluding hydrogens is 237 g/mol. The van der Waals surface area contributed by atoms with Gasteiger partial charge in [-0.25, -0.2) is 4.39 Å². The van der Waals surface area contributed by atoms with E-state index in [0.717, 1.165) is 0 Å². The zero-order valence-corrected chi connectivity index (χ0v) is 10.8. The highest BCUT2D eigenvalue weighted by Gasteiger charge is 2.21. The third-order valence-corrected chi connectivity index (χ3v) is 2.61. The highest BCUT2D eigenvalue weighted by Crippen LogP contribution is 2.10. The van der Waals surface area contributed by atoms with Gasteiger partial charge in [0.05, 0.1) is 6.61 Å². The van der Waals surface area contributed by atoms with Gasteiger partial charge in [-0.3, -0.25) is 0 Å². The smallest absolute Gasteiger partial charge is 0.137 e. The molecule has 102 valence electrons. The van der Waals surface area contributed by atoms with Crippen LogP contribution in [0.4, 0.5) is 4.39 Å². The van der Waals surface area contributed by atoms with Crippen LogP contribution in [0.25, 0.3) is 0 Å². The number of quaternary nitrogens is 1. The lowest BCUT2D eigenvalue weighted by Gasteiger charge is -2.21. The normalized spacial score (nSPS) is 13.4. The Bertz CT molecular complexity index is 354. The van der Waals surface area contributed by atoms with Gasteiger partial charge in [0, 0.05) is 0 Å². The van der Waals surface area contributed by atoms with E-state index < -0.39 is 6.10 Å². The second kappa shape index (κ2) is 6.68. The molecule has 0 aliphatic rings. The predicted molar refractivity (Wildman–Crippen MR) is 65.9 cm³/mol. The number of hydrogen-bond donors (Lipinski definition) is 3. The van der Waals surface area contributed by atoms with Crippen LogP contribution in [-0.2, 0) is 0 Å². The number of ether oxygens (including phenoxy) is 1. The van der Waals surface area contributed by atoms with Crippen molar-refractivity contribution in [2.24, 2.45) is 0 Å². The molecule has 5 heteroatoms. The van der Waals surface area contributed by atoms with Crippen LogP contribution in [0.3, 0.4) is 0 Å². The Labute approximate surface area is 106 Å². The lowest BCUT2D eigenvalue weighted by Crippen LogP contribution is -2.97. The summed E-state index contributed by atoms with van der Waals surface area (Å²) in [6, 6.07) is 5.65. The van der Waals surface area contributed by atoms with E-state index >= 15 is 0 Å². The van der Waals surface area contributed by atoms with Crippen LogP contribution < -0.4 is 10.1 Å². The number of benzene rings is 1. The van der Waals surface area contributed by atoms with E-state index in [-0.39, 0.29) is 24.6 Å². The van der Waals surface area contributed by atoms with Crippen molar-refractivity contribution in [3.8, 4) is 5.75 Å². The first kappa shape index (κ1) is 14.9. The maximum absolute atomic E-state index is 12.6. The van der Waals surface area contributed by atoms with Crippen molar-refractivity contribution in [2.75, 3.05) is 19.8 Å². The molecule has 1 rings (SSSR count). The van der Waals surface area contributed by atoms with Crippen LogP contribution in [0, 0.1) is 5.82 Å². The van der Waals surface area contributed by atoms with Crippen LogP contribution in [0.1, 0.15) is 13.8 Å². The Morgan fingerprint density at radius 2 is 1.94 bits per heavy atom. The van der Waals surface area contributed by atoms with Crippen molar-refractivity contribution in [1.29, 1.82) is 0 Å². The molecule has 0 saturated carbocycles. The summed E-state index contributed by atoms with van der Waals surface area (Å²) in [6.07, 6.45) is -0.638. The lowest BCUT2D eigenvalue weighted by molar-refractivity contribution is -0.727. The van der Waals surface area contributed by atoms with E-state index in [1.807, 2.05) is 19.2 Å². The van der Waals surface area contributed by atoms with Crippen molar-refractivity contribution in [1.82, 2.24) is 0 Å². The SMILES string of the molecule is CC(C)(CO)[NH2+]C[C@@H](O)COc1ccc(F)cc1. The van der Waals surface area contributed by atoms with E-state index in [0.29, 0.717) is 12.3 Å². The molecule has 0 aliphatic carbocycles. The standard InChI is InChI=1S/C13H20FNO3/c1-13(2,9-16)15-7-11(17)8-18-12-5-3-10(14)4-6-12/h3-6,11,15-17H,7-9H2,1-2H3/p+1/t11-/m1/s1. The Balaban J connectivity index is 2.29. The number of hydrogen-bond acceptors (Lipinski definition) is 3. The predicted octanol–water partition coefficient (Wildman–Crippen LogP) is -0.100. The van der Waals surface area contributed by atoms with Crippen LogP contribution >= 0.6 is 0 Å². The molecule has 0 unspecified atom stereocenters. The molecule has 18 heavy (non-hydrogen) atoms. The molecule has 0 bridgehead atoms. The number of aliphatic hydroxyl groups excluding tert-OH is 2. The van der Waals surface area contributed by atoms with Gasteiger partial charge < -0.3 is 20.3 Å². The molecule has 0 amide bonds. The van der Waals surface area contributed by atoms with E-state index in [1.165, 1.54) is 24.3 Å². The summed E-state index contributed by atoms with van der Waals surface area (Å²) in [5.74, 6) is 0.206. The summed E-state index contributed by atoms with van der Waals surface area (Å²) in [4.78, 5) is 0. The highest BCUT2D eigenvalue weighted by molar-refractivity contribution is 5.22. The van der Waals surface area contributed by atoms with Gasteiger partial charge in [0.2, 0.25) is 0 Å². The first-order valence-electron chi connectivity index (χ1n) is 5.94. The fourth-order valence-corrected chi connectivity index (χ4v) is 1.31. The molecule has 0 fully saturated rings. The van der Waals surface area contributed by atoms with Crippen molar-refractivity contribution >= 4 is 0 Å². The van der Waals surface area contributed by atoms with Gasteiger partial charge >= 0.3 is 0 Å². The van der Waals surface area contributed by atoms with Crippen LogP contribution in [0.5, 0.6) is 5.75 Å². The fraction of sp³-hybridized carbons (Fsp3) is 0.538. The minimum absolute atomic E-state index is 0.0402. The number of halogens is 1. The minimum Gasteiger partial charge on any atom is -0.491 e. The fourth-order valence-electron chi connectivity index (χ4n) is 1.31.